The number of hydrogen-bond donors (Lipinski definition) is 1. The molecule has 1 unspecified atom stereocenters. The first kappa shape index (κ1) is 20.1. The Morgan fingerprint density at radius 3 is 2.57 bits per heavy atom. The van der Waals surface area contributed by atoms with Crippen LogP contribution in [-0.4, -0.2) is 42.3 Å². The van der Waals surface area contributed by atoms with Crippen molar-refractivity contribution in [1.82, 2.24) is 10.2 Å². The van der Waals surface area contributed by atoms with E-state index in [0.717, 1.165) is 29.7 Å². The normalized spacial score (nSPS) is 17.8. The highest BCUT2D eigenvalue weighted by molar-refractivity contribution is 6.06. The molecule has 1 saturated carbocycles. The number of amides is 3. The van der Waals surface area contributed by atoms with E-state index in [-0.39, 0.29) is 30.3 Å². The number of nitrogens with one attached hydrogen (secondary N) is 1. The van der Waals surface area contributed by atoms with E-state index >= 15 is 0 Å². The number of fused-ring (bicyclic) bond motifs is 1. The van der Waals surface area contributed by atoms with Crippen LogP contribution in [0.1, 0.15) is 60.1 Å². The number of nitrogens with zero attached hydrogens (tertiary/aromatic N) is 2. The second-order valence-electron chi connectivity index (χ2n) is 8.35. The van der Waals surface area contributed by atoms with Gasteiger partial charge in [-0.15, -0.1) is 0 Å². The van der Waals surface area contributed by atoms with Gasteiger partial charge in [0.1, 0.15) is 6.04 Å². The molecule has 1 aliphatic carbocycles. The summed E-state index contributed by atoms with van der Waals surface area (Å²) in [7, 11) is 1.71. The first-order chi connectivity index (χ1) is 14.4. The fourth-order valence-corrected chi connectivity index (χ4v) is 3.95. The van der Waals surface area contributed by atoms with Gasteiger partial charge >= 0.3 is 0 Å². The molecule has 2 aromatic rings. The summed E-state index contributed by atoms with van der Waals surface area (Å²) in [5, 5.41) is 2.76. The average molecular weight is 405 g/mol. The summed E-state index contributed by atoms with van der Waals surface area (Å²) < 4.78 is 0. The third kappa shape index (κ3) is 3.70. The molecule has 2 aromatic carbocycles. The van der Waals surface area contributed by atoms with Crippen molar-refractivity contribution < 1.29 is 14.4 Å². The Morgan fingerprint density at radius 2 is 1.87 bits per heavy atom. The zero-order valence-corrected chi connectivity index (χ0v) is 17.6. The zero-order chi connectivity index (χ0) is 21.4. The van der Waals surface area contributed by atoms with E-state index in [1.807, 2.05) is 42.5 Å². The zero-order valence-electron chi connectivity index (χ0n) is 17.6. The van der Waals surface area contributed by atoms with E-state index in [1.54, 1.807) is 22.9 Å². The minimum Gasteiger partial charge on any atom is -0.345 e. The lowest BCUT2D eigenvalue weighted by atomic mass is 10.0. The maximum Gasteiger partial charge on any atom is 0.255 e. The molecule has 0 aromatic heterocycles. The van der Waals surface area contributed by atoms with Crippen molar-refractivity contribution in [3.8, 4) is 0 Å². The van der Waals surface area contributed by atoms with Crippen molar-refractivity contribution >= 4 is 23.4 Å². The summed E-state index contributed by atoms with van der Waals surface area (Å²) in [5.74, 6) is -0.249. The molecule has 0 radical (unpaired) electrons. The molecule has 0 saturated heterocycles. The number of rotatable bonds is 6. The van der Waals surface area contributed by atoms with Crippen LogP contribution in [0.5, 0.6) is 0 Å². The summed E-state index contributed by atoms with van der Waals surface area (Å²) in [6.07, 6.45) is 1.83. The van der Waals surface area contributed by atoms with E-state index in [1.165, 1.54) is 0 Å². The number of hydrogen-bond acceptors (Lipinski definition) is 3. The highest BCUT2D eigenvalue weighted by atomic mass is 16.2. The lowest BCUT2D eigenvalue weighted by molar-refractivity contribution is -0.128. The molecule has 30 heavy (non-hydrogen) atoms. The molecule has 1 fully saturated rings. The fourth-order valence-electron chi connectivity index (χ4n) is 3.95. The highest BCUT2D eigenvalue weighted by Crippen LogP contribution is 2.41. The predicted octanol–water partition coefficient (Wildman–Crippen LogP) is 3.25. The molecule has 1 N–H and O–H groups in total. The predicted molar refractivity (Wildman–Crippen MR) is 115 cm³/mol. The van der Waals surface area contributed by atoms with Crippen LogP contribution in [0.4, 0.5) is 5.69 Å². The monoisotopic (exact) mass is 405 g/mol. The molecular weight excluding hydrogens is 378 g/mol. The van der Waals surface area contributed by atoms with Crippen molar-refractivity contribution in [3.63, 3.8) is 0 Å². The summed E-state index contributed by atoms with van der Waals surface area (Å²) >= 11 is 0. The first-order valence-electron chi connectivity index (χ1n) is 10.4. The molecule has 4 rings (SSSR count). The number of benzene rings is 2. The Morgan fingerprint density at radius 1 is 1.13 bits per heavy atom. The van der Waals surface area contributed by atoms with E-state index in [4.69, 9.17) is 0 Å². The fraction of sp³-hybridized carbons (Fsp3) is 0.375. The summed E-state index contributed by atoms with van der Waals surface area (Å²) in [4.78, 5) is 41.8. The molecule has 6 heteroatoms. The number of carbonyl (C=O) groups excluding carboxylic acids is 3. The van der Waals surface area contributed by atoms with Crippen LogP contribution in [-0.2, 0) is 9.59 Å². The van der Waals surface area contributed by atoms with Gasteiger partial charge in [-0.25, -0.2) is 0 Å². The largest absolute Gasteiger partial charge is 0.345 e. The van der Waals surface area contributed by atoms with Gasteiger partial charge in [0.2, 0.25) is 11.8 Å². The third-order valence-electron chi connectivity index (χ3n) is 5.90. The van der Waals surface area contributed by atoms with E-state index in [2.05, 4.69) is 19.2 Å². The quantitative estimate of drug-likeness (QED) is 0.802. The highest BCUT2D eigenvalue weighted by Gasteiger charge is 2.47. The van der Waals surface area contributed by atoms with Crippen molar-refractivity contribution in [3.05, 3.63) is 65.2 Å². The summed E-state index contributed by atoms with van der Waals surface area (Å²) in [5.41, 5.74) is 3.25. The minimum absolute atomic E-state index is 0.0952. The van der Waals surface area contributed by atoms with Crippen molar-refractivity contribution in [2.75, 3.05) is 18.5 Å². The van der Waals surface area contributed by atoms with Crippen molar-refractivity contribution in [1.29, 1.82) is 0 Å². The molecule has 6 nitrogen and oxygen atoms in total. The molecule has 0 bridgehead atoms. The summed E-state index contributed by atoms with van der Waals surface area (Å²) in [6.45, 7) is 4.09. The average Bonchev–Trinajstić information content (AvgIpc) is 3.55. The molecule has 1 heterocycles. The topological polar surface area (TPSA) is 69.7 Å². The maximum absolute atomic E-state index is 13.0. The van der Waals surface area contributed by atoms with Gasteiger partial charge in [-0.3, -0.25) is 14.4 Å². The molecule has 3 amide bonds. The van der Waals surface area contributed by atoms with Crippen LogP contribution >= 0.6 is 0 Å². The SMILES string of the molecule is CC(C)c1cccc(N(C)C(=O)CNC(=O)C2c3ccccc3C(=O)N2C2CC2)c1. The van der Waals surface area contributed by atoms with E-state index < -0.39 is 6.04 Å². The number of likely N-dealkylation sites (N-methyl/N-ethyl adjacent to an activating group) is 1. The van der Waals surface area contributed by atoms with Crippen molar-refractivity contribution in [2.45, 2.75) is 44.7 Å². The smallest absolute Gasteiger partial charge is 0.255 e. The van der Waals surface area contributed by atoms with E-state index in [9.17, 15) is 14.4 Å². The van der Waals surface area contributed by atoms with Gasteiger partial charge < -0.3 is 15.1 Å². The van der Waals surface area contributed by atoms with E-state index in [0.29, 0.717) is 11.5 Å². The Labute approximate surface area is 176 Å². The van der Waals surface area contributed by atoms with Crippen LogP contribution in [0.25, 0.3) is 0 Å². The van der Waals surface area contributed by atoms with Gasteiger partial charge in [-0.2, -0.15) is 0 Å². The van der Waals surface area contributed by atoms with Crippen LogP contribution in [0, 0.1) is 0 Å². The Hall–Kier alpha value is -3.15. The Kier molecular flexibility index (Phi) is 5.33. The maximum atomic E-state index is 13.0. The standard InChI is InChI=1S/C24H27N3O3/c1-15(2)16-7-6-8-18(13-16)26(3)21(28)14-25-23(29)22-19-9-4-5-10-20(19)24(30)27(22)17-11-12-17/h4-10,13,15,17,22H,11-12,14H2,1-3H3,(H,25,29). The van der Waals surface area contributed by atoms with Gasteiger partial charge in [0.15, 0.2) is 0 Å². The van der Waals surface area contributed by atoms with Crippen molar-refractivity contribution in [2.24, 2.45) is 0 Å². The van der Waals surface area contributed by atoms with Gasteiger partial charge in [0.05, 0.1) is 6.54 Å². The van der Waals surface area contributed by atoms with Gasteiger partial charge in [-0.05, 0) is 48.1 Å². The Balaban J connectivity index is 1.46. The molecular formula is C24H27N3O3. The molecule has 1 aliphatic heterocycles. The second kappa shape index (κ2) is 7.94. The van der Waals surface area contributed by atoms with Gasteiger partial charge in [0.25, 0.3) is 5.91 Å². The van der Waals surface area contributed by atoms with Gasteiger partial charge in [-0.1, -0.05) is 44.2 Å². The first-order valence-corrected chi connectivity index (χ1v) is 10.4. The van der Waals surface area contributed by atoms with Crippen LogP contribution in [0.15, 0.2) is 48.5 Å². The molecule has 0 spiro atoms. The molecule has 2 aliphatic rings. The van der Waals surface area contributed by atoms with Crippen LogP contribution in [0.3, 0.4) is 0 Å². The second-order valence-corrected chi connectivity index (χ2v) is 8.35. The molecule has 156 valence electrons. The lowest BCUT2D eigenvalue weighted by Crippen LogP contribution is -2.44. The third-order valence-corrected chi connectivity index (χ3v) is 5.90. The number of anilines is 1. The van der Waals surface area contributed by atoms with Crippen LogP contribution in [0.2, 0.25) is 0 Å². The minimum atomic E-state index is -0.663. The van der Waals surface area contributed by atoms with Crippen LogP contribution < -0.4 is 10.2 Å². The lowest BCUT2D eigenvalue weighted by Gasteiger charge is -2.25. The summed E-state index contributed by atoms with van der Waals surface area (Å²) in [6, 6.07) is 14.5. The number of carbonyl (C=O) groups is 3. The molecule has 1 atom stereocenters. The van der Waals surface area contributed by atoms with Gasteiger partial charge in [0, 0.05) is 24.3 Å². The Bertz CT molecular complexity index is 997.